The molecular weight excluding hydrogens is 252 g/mol. The molecule has 5 heteroatoms. The SMILES string of the molecule is CCCNC1CCC(OCc2ncnn2CCC)CC1. The zero-order chi connectivity index (χ0) is 14.2. The Morgan fingerprint density at radius 1 is 1.25 bits per heavy atom. The van der Waals surface area contributed by atoms with Crippen molar-refractivity contribution in [1.29, 1.82) is 0 Å². The molecule has 0 saturated heterocycles. The van der Waals surface area contributed by atoms with Crippen LogP contribution in [0.25, 0.3) is 0 Å². The van der Waals surface area contributed by atoms with Gasteiger partial charge in [0.1, 0.15) is 12.9 Å². The van der Waals surface area contributed by atoms with Crippen molar-refractivity contribution in [3.63, 3.8) is 0 Å². The van der Waals surface area contributed by atoms with Gasteiger partial charge in [0.2, 0.25) is 0 Å². The number of aryl methyl sites for hydroxylation is 1. The lowest BCUT2D eigenvalue weighted by atomic mass is 9.93. The van der Waals surface area contributed by atoms with Gasteiger partial charge in [-0.15, -0.1) is 0 Å². The first-order valence-electron chi connectivity index (χ1n) is 8.05. The molecule has 0 radical (unpaired) electrons. The van der Waals surface area contributed by atoms with E-state index >= 15 is 0 Å². The van der Waals surface area contributed by atoms with Crippen LogP contribution >= 0.6 is 0 Å². The summed E-state index contributed by atoms with van der Waals surface area (Å²) in [4.78, 5) is 4.29. The predicted molar refractivity (Wildman–Crippen MR) is 79.4 cm³/mol. The molecule has 1 aliphatic rings. The van der Waals surface area contributed by atoms with Crippen molar-refractivity contribution in [3.05, 3.63) is 12.2 Å². The summed E-state index contributed by atoms with van der Waals surface area (Å²) in [5.74, 6) is 0.957. The minimum absolute atomic E-state index is 0.390. The molecule has 1 fully saturated rings. The smallest absolute Gasteiger partial charge is 0.152 e. The Balaban J connectivity index is 1.69. The third-order valence-electron chi connectivity index (χ3n) is 3.94. The van der Waals surface area contributed by atoms with E-state index in [1.54, 1.807) is 6.33 Å². The maximum atomic E-state index is 6.02. The summed E-state index contributed by atoms with van der Waals surface area (Å²) in [5, 5.41) is 7.84. The van der Waals surface area contributed by atoms with E-state index in [2.05, 4.69) is 29.2 Å². The van der Waals surface area contributed by atoms with Gasteiger partial charge in [-0.25, -0.2) is 9.67 Å². The van der Waals surface area contributed by atoms with Crippen molar-refractivity contribution >= 4 is 0 Å². The van der Waals surface area contributed by atoms with Crippen LogP contribution in [-0.4, -0.2) is 33.5 Å². The second kappa shape index (κ2) is 8.37. The quantitative estimate of drug-likeness (QED) is 0.795. The number of rotatable bonds is 8. The summed E-state index contributed by atoms with van der Waals surface area (Å²) in [6.45, 7) is 7.02. The van der Waals surface area contributed by atoms with E-state index in [-0.39, 0.29) is 0 Å². The first-order valence-corrected chi connectivity index (χ1v) is 8.05. The molecule has 0 aliphatic heterocycles. The number of nitrogens with zero attached hydrogens (tertiary/aromatic N) is 3. The van der Waals surface area contributed by atoms with E-state index in [0.29, 0.717) is 18.8 Å². The van der Waals surface area contributed by atoms with Gasteiger partial charge in [-0.05, 0) is 45.1 Å². The summed E-state index contributed by atoms with van der Waals surface area (Å²) < 4.78 is 7.97. The number of hydrogen-bond acceptors (Lipinski definition) is 4. The molecule has 0 aromatic carbocycles. The van der Waals surface area contributed by atoms with Gasteiger partial charge in [-0.2, -0.15) is 5.10 Å². The molecule has 0 atom stereocenters. The van der Waals surface area contributed by atoms with Gasteiger partial charge >= 0.3 is 0 Å². The molecule has 1 heterocycles. The van der Waals surface area contributed by atoms with E-state index < -0.39 is 0 Å². The van der Waals surface area contributed by atoms with Gasteiger partial charge in [0.25, 0.3) is 0 Å². The normalized spacial score (nSPS) is 23.1. The first kappa shape index (κ1) is 15.4. The van der Waals surface area contributed by atoms with Crippen LogP contribution in [0.15, 0.2) is 6.33 Å². The lowest BCUT2D eigenvalue weighted by molar-refractivity contribution is 0.00657. The minimum atomic E-state index is 0.390. The van der Waals surface area contributed by atoms with Crippen molar-refractivity contribution in [2.45, 2.75) is 77.7 Å². The molecule has 1 aromatic heterocycles. The zero-order valence-corrected chi connectivity index (χ0v) is 12.8. The highest BCUT2D eigenvalue weighted by molar-refractivity contribution is 4.83. The van der Waals surface area contributed by atoms with Gasteiger partial charge in [-0.3, -0.25) is 0 Å². The average molecular weight is 280 g/mol. The third-order valence-corrected chi connectivity index (χ3v) is 3.94. The Kier molecular flexibility index (Phi) is 6.47. The third kappa shape index (κ3) is 4.56. The van der Waals surface area contributed by atoms with Crippen molar-refractivity contribution in [1.82, 2.24) is 20.1 Å². The van der Waals surface area contributed by atoms with E-state index in [1.165, 1.54) is 19.3 Å². The van der Waals surface area contributed by atoms with Crippen molar-refractivity contribution in [2.24, 2.45) is 0 Å². The standard InChI is InChI=1S/C15H28N4O/c1-3-9-16-13-5-7-14(8-6-13)20-11-15-17-12-18-19(15)10-4-2/h12-14,16H,3-11H2,1-2H3. The number of hydrogen-bond donors (Lipinski definition) is 1. The van der Waals surface area contributed by atoms with Crippen LogP contribution in [0.4, 0.5) is 0 Å². The fourth-order valence-corrected chi connectivity index (χ4v) is 2.77. The van der Waals surface area contributed by atoms with Gasteiger partial charge in [-0.1, -0.05) is 13.8 Å². The van der Waals surface area contributed by atoms with Crippen LogP contribution in [0.3, 0.4) is 0 Å². The highest BCUT2D eigenvalue weighted by Crippen LogP contribution is 2.22. The Hall–Kier alpha value is -0.940. The molecule has 1 N–H and O–H groups in total. The summed E-state index contributed by atoms with van der Waals surface area (Å²) in [5.41, 5.74) is 0. The average Bonchev–Trinajstić information content (AvgIpc) is 2.92. The molecule has 0 bridgehead atoms. The van der Waals surface area contributed by atoms with Crippen molar-refractivity contribution in [3.8, 4) is 0 Å². The predicted octanol–water partition coefficient (Wildman–Crippen LogP) is 2.52. The minimum Gasteiger partial charge on any atom is -0.370 e. The van der Waals surface area contributed by atoms with Gasteiger partial charge in [0.05, 0.1) is 6.10 Å². The van der Waals surface area contributed by atoms with Gasteiger partial charge < -0.3 is 10.1 Å². The fourth-order valence-electron chi connectivity index (χ4n) is 2.77. The van der Waals surface area contributed by atoms with Crippen molar-refractivity contribution in [2.75, 3.05) is 6.54 Å². The second-order valence-electron chi connectivity index (χ2n) is 5.64. The summed E-state index contributed by atoms with van der Waals surface area (Å²) in [6.07, 6.45) is 9.07. The molecule has 1 aromatic rings. The fraction of sp³-hybridized carbons (Fsp3) is 0.867. The molecule has 0 unspecified atom stereocenters. The van der Waals surface area contributed by atoms with Crippen LogP contribution in [0.2, 0.25) is 0 Å². The molecule has 0 amide bonds. The molecule has 1 saturated carbocycles. The number of ether oxygens (including phenoxy) is 1. The lowest BCUT2D eigenvalue weighted by Crippen LogP contribution is -2.35. The lowest BCUT2D eigenvalue weighted by Gasteiger charge is -2.29. The first-order chi connectivity index (χ1) is 9.83. The maximum Gasteiger partial charge on any atom is 0.152 e. The highest BCUT2D eigenvalue weighted by Gasteiger charge is 2.21. The largest absolute Gasteiger partial charge is 0.370 e. The second-order valence-corrected chi connectivity index (χ2v) is 5.64. The summed E-state index contributed by atoms with van der Waals surface area (Å²) >= 11 is 0. The molecule has 2 rings (SSSR count). The van der Waals surface area contributed by atoms with Gasteiger partial charge in [0.15, 0.2) is 5.82 Å². The Morgan fingerprint density at radius 3 is 2.75 bits per heavy atom. The van der Waals surface area contributed by atoms with E-state index in [9.17, 15) is 0 Å². The maximum absolute atomic E-state index is 6.02. The Morgan fingerprint density at radius 2 is 2.05 bits per heavy atom. The summed E-state index contributed by atoms with van der Waals surface area (Å²) in [6, 6.07) is 0.693. The van der Waals surface area contributed by atoms with Gasteiger partial charge in [0, 0.05) is 12.6 Å². The van der Waals surface area contributed by atoms with Crippen LogP contribution in [-0.2, 0) is 17.9 Å². The Labute approximate surface area is 122 Å². The molecule has 114 valence electrons. The monoisotopic (exact) mass is 280 g/mol. The van der Waals surface area contributed by atoms with Crippen LogP contribution in [0.1, 0.15) is 58.2 Å². The van der Waals surface area contributed by atoms with Crippen LogP contribution < -0.4 is 5.32 Å². The zero-order valence-electron chi connectivity index (χ0n) is 12.8. The van der Waals surface area contributed by atoms with Crippen LogP contribution in [0, 0.1) is 0 Å². The molecule has 0 spiro atoms. The topological polar surface area (TPSA) is 52.0 Å². The molecular formula is C15H28N4O. The molecule has 1 aliphatic carbocycles. The van der Waals surface area contributed by atoms with E-state index in [1.807, 2.05) is 4.68 Å². The van der Waals surface area contributed by atoms with Crippen molar-refractivity contribution < 1.29 is 4.74 Å². The van der Waals surface area contributed by atoms with E-state index in [0.717, 1.165) is 38.2 Å². The number of aromatic nitrogens is 3. The van der Waals surface area contributed by atoms with Crippen LogP contribution in [0.5, 0.6) is 0 Å². The number of nitrogens with one attached hydrogen (secondary N) is 1. The van der Waals surface area contributed by atoms with E-state index in [4.69, 9.17) is 4.74 Å². The summed E-state index contributed by atoms with van der Waals surface area (Å²) in [7, 11) is 0. The molecule has 5 nitrogen and oxygen atoms in total. The highest BCUT2D eigenvalue weighted by atomic mass is 16.5. The Bertz CT molecular complexity index is 372. The molecule has 20 heavy (non-hydrogen) atoms.